The van der Waals surface area contributed by atoms with Crippen LogP contribution >= 0.6 is 0 Å². The summed E-state index contributed by atoms with van der Waals surface area (Å²) in [6, 6.07) is 21.7. The Balaban J connectivity index is 1.76. The topological polar surface area (TPSA) is 29.9 Å². The van der Waals surface area contributed by atoms with Crippen LogP contribution in [0.25, 0.3) is 44.5 Å². The van der Waals surface area contributed by atoms with Crippen LogP contribution in [0.2, 0.25) is 0 Å². The summed E-state index contributed by atoms with van der Waals surface area (Å²) in [6.45, 7) is 8.57. The fraction of sp³-hybridized carbons (Fsp3) is 0.214. The largest absolute Gasteiger partial charge is 0.437 e. The highest BCUT2D eigenvalue weighted by Gasteiger charge is 2.22. The molecule has 3 heteroatoms. The lowest BCUT2D eigenvalue weighted by Gasteiger charge is -2.08. The number of benzene rings is 2. The molecule has 0 fully saturated rings. The van der Waals surface area contributed by atoms with E-state index in [0.29, 0.717) is 11.6 Å². The number of furan rings is 1. The molecule has 31 heavy (non-hydrogen) atoms. The van der Waals surface area contributed by atoms with Crippen LogP contribution in [-0.2, 0) is 7.05 Å². The Morgan fingerprint density at radius 2 is 1.58 bits per heavy atom. The Kier molecular flexibility index (Phi) is 4.62. The van der Waals surface area contributed by atoms with E-state index in [2.05, 4.69) is 106 Å². The maximum atomic E-state index is 6.40. The van der Waals surface area contributed by atoms with E-state index < -0.39 is 0 Å². The van der Waals surface area contributed by atoms with Crippen molar-refractivity contribution in [3.8, 4) is 22.4 Å². The number of aromatic nitrogens is 2. The number of aryl methyl sites for hydroxylation is 3. The number of hydrogen-bond donors (Lipinski definition) is 0. The summed E-state index contributed by atoms with van der Waals surface area (Å²) in [5.74, 6) is 0.364. The van der Waals surface area contributed by atoms with Crippen LogP contribution in [0.4, 0.5) is 0 Å². The third-order valence-corrected chi connectivity index (χ3v) is 6.12. The van der Waals surface area contributed by atoms with Crippen molar-refractivity contribution >= 4 is 22.1 Å². The first-order chi connectivity index (χ1) is 14.9. The van der Waals surface area contributed by atoms with Crippen LogP contribution in [0, 0.1) is 13.8 Å². The minimum atomic E-state index is 0.364. The van der Waals surface area contributed by atoms with Crippen molar-refractivity contribution in [3.63, 3.8) is 0 Å². The number of hydrogen-bond acceptors (Lipinski definition) is 2. The van der Waals surface area contributed by atoms with E-state index in [1.807, 2.05) is 0 Å². The smallest absolute Gasteiger partial charge is 0.227 e. The van der Waals surface area contributed by atoms with Crippen LogP contribution < -0.4 is 4.57 Å². The predicted molar refractivity (Wildman–Crippen MR) is 127 cm³/mol. The lowest BCUT2D eigenvalue weighted by Crippen LogP contribution is -2.30. The summed E-state index contributed by atoms with van der Waals surface area (Å²) < 4.78 is 8.57. The van der Waals surface area contributed by atoms with Crippen molar-refractivity contribution in [2.45, 2.75) is 33.6 Å². The number of pyridine rings is 2. The molecule has 154 valence electrons. The first-order valence-electron chi connectivity index (χ1n) is 10.8. The number of nitrogens with zero attached hydrogens (tertiary/aromatic N) is 2. The summed E-state index contributed by atoms with van der Waals surface area (Å²) in [5.41, 5.74) is 9.78. The van der Waals surface area contributed by atoms with Crippen LogP contribution in [0.3, 0.4) is 0 Å². The van der Waals surface area contributed by atoms with E-state index in [4.69, 9.17) is 9.40 Å². The van der Waals surface area contributed by atoms with Crippen LogP contribution in [0.15, 0.2) is 71.3 Å². The van der Waals surface area contributed by atoms with E-state index in [9.17, 15) is 0 Å². The Bertz CT molecular complexity index is 1430. The highest BCUT2D eigenvalue weighted by molar-refractivity contribution is 6.08. The van der Waals surface area contributed by atoms with Crippen molar-refractivity contribution in [1.29, 1.82) is 0 Å². The standard InChI is InChI=1S/C28H27N2O/c1-17(2)24-13-12-23-22-11-8-19(4)26(27(22)31-28(23)29-24)25-16-21(14-15-30(25)5)20-9-6-18(3)7-10-20/h6-17H,1-5H3/q+1. The van der Waals surface area contributed by atoms with Crippen molar-refractivity contribution in [3.05, 3.63) is 83.7 Å². The maximum absolute atomic E-state index is 6.40. The van der Waals surface area contributed by atoms with Crippen molar-refractivity contribution < 1.29 is 8.98 Å². The lowest BCUT2D eigenvalue weighted by molar-refractivity contribution is -0.660. The minimum Gasteiger partial charge on any atom is -0.437 e. The molecule has 0 atom stereocenters. The zero-order valence-electron chi connectivity index (χ0n) is 18.7. The van der Waals surface area contributed by atoms with Gasteiger partial charge in [-0.3, -0.25) is 0 Å². The van der Waals surface area contributed by atoms with Gasteiger partial charge in [-0.2, -0.15) is 0 Å². The molecule has 0 bridgehead atoms. The molecule has 0 unspecified atom stereocenters. The molecule has 0 aliphatic rings. The van der Waals surface area contributed by atoms with Crippen molar-refractivity contribution in [2.75, 3.05) is 0 Å². The molecule has 3 aromatic heterocycles. The molecular formula is C28H27N2O+. The molecular weight excluding hydrogens is 380 g/mol. The Labute approximate surface area is 183 Å². The molecule has 0 spiro atoms. The molecule has 0 saturated carbocycles. The molecule has 2 aromatic carbocycles. The fourth-order valence-electron chi connectivity index (χ4n) is 4.22. The van der Waals surface area contributed by atoms with Gasteiger partial charge in [-0.15, -0.1) is 0 Å². The summed E-state index contributed by atoms with van der Waals surface area (Å²) >= 11 is 0. The third kappa shape index (κ3) is 3.31. The predicted octanol–water partition coefficient (Wildman–Crippen LogP) is 6.88. The molecule has 0 aliphatic heterocycles. The summed E-state index contributed by atoms with van der Waals surface area (Å²) in [7, 11) is 2.09. The van der Waals surface area contributed by atoms with Crippen LogP contribution in [0.1, 0.15) is 36.6 Å². The van der Waals surface area contributed by atoms with Gasteiger partial charge in [0.1, 0.15) is 7.05 Å². The number of rotatable bonds is 3. The highest BCUT2D eigenvalue weighted by atomic mass is 16.3. The quantitative estimate of drug-likeness (QED) is 0.305. The third-order valence-electron chi connectivity index (χ3n) is 6.12. The van der Waals surface area contributed by atoms with E-state index in [1.165, 1.54) is 22.3 Å². The average molecular weight is 408 g/mol. The molecule has 0 aliphatic carbocycles. The zero-order chi connectivity index (χ0) is 21.7. The van der Waals surface area contributed by atoms with Gasteiger partial charge in [0.25, 0.3) is 0 Å². The van der Waals surface area contributed by atoms with E-state index >= 15 is 0 Å². The number of fused-ring (bicyclic) bond motifs is 3. The molecule has 0 saturated heterocycles. The summed E-state index contributed by atoms with van der Waals surface area (Å²) in [5, 5.41) is 2.18. The Morgan fingerprint density at radius 1 is 0.839 bits per heavy atom. The van der Waals surface area contributed by atoms with Gasteiger partial charge in [0.2, 0.25) is 11.4 Å². The first-order valence-corrected chi connectivity index (χ1v) is 10.8. The second-order valence-electron chi connectivity index (χ2n) is 8.76. The molecule has 5 aromatic rings. The van der Waals surface area contributed by atoms with Gasteiger partial charge in [0, 0.05) is 28.6 Å². The average Bonchev–Trinajstić information content (AvgIpc) is 3.12. The van der Waals surface area contributed by atoms with Gasteiger partial charge in [0.05, 0.1) is 5.56 Å². The molecule has 0 radical (unpaired) electrons. The van der Waals surface area contributed by atoms with Crippen LogP contribution in [0.5, 0.6) is 0 Å². The molecule has 0 N–H and O–H groups in total. The second kappa shape index (κ2) is 7.35. The van der Waals surface area contributed by atoms with Crippen LogP contribution in [-0.4, -0.2) is 4.98 Å². The van der Waals surface area contributed by atoms with Crippen molar-refractivity contribution in [1.82, 2.24) is 4.98 Å². The molecule has 0 amide bonds. The van der Waals surface area contributed by atoms with E-state index in [0.717, 1.165) is 33.3 Å². The van der Waals surface area contributed by atoms with Gasteiger partial charge in [-0.05, 0) is 48.6 Å². The normalized spacial score (nSPS) is 11.7. The Morgan fingerprint density at radius 3 is 2.32 bits per heavy atom. The monoisotopic (exact) mass is 407 g/mol. The summed E-state index contributed by atoms with van der Waals surface area (Å²) in [4.78, 5) is 4.80. The first kappa shape index (κ1) is 19.5. The maximum Gasteiger partial charge on any atom is 0.227 e. The van der Waals surface area contributed by atoms with Crippen molar-refractivity contribution in [2.24, 2.45) is 7.05 Å². The minimum absolute atomic E-state index is 0.364. The molecule has 5 rings (SSSR count). The van der Waals surface area contributed by atoms with E-state index in [-0.39, 0.29) is 0 Å². The SMILES string of the molecule is Cc1ccc(-c2cc[n+](C)c(-c3c(C)ccc4c3oc3nc(C(C)C)ccc34)c2)cc1. The van der Waals surface area contributed by atoms with Gasteiger partial charge < -0.3 is 4.42 Å². The van der Waals surface area contributed by atoms with Gasteiger partial charge in [-0.25, -0.2) is 9.55 Å². The lowest BCUT2D eigenvalue weighted by atomic mass is 9.98. The summed E-state index contributed by atoms with van der Waals surface area (Å²) in [6.07, 6.45) is 2.13. The Hall–Kier alpha value is -3.46. The zero-order valence-corrected chi connectivity index (χ0v) is 18.7. The fourth-order valence-corrected chi connectivity index (χ4v) is 4.22. The van der Waals surface area contributed by atoms with E-state index in [1.54, 1.807) is 0 Å². The second-order valence-corrected chi connectivity index (χ2v) is 8.76. The van der Waals surface area contributed by atoms with Gasteiger partial charge in [-0.1, -0.05) is 55.8 Å². The molecule has 3 heterocycles. The van der Waals surface area contributed by atoms with Gasteiger partial charge in [0.15, 0.2) is 11.8 Å². The van der Waals surface area contributed by atoms with Gasteiger partial charge >= 0.3 is 0 Å². The molecule has 3 nitrogen and oxygen atoms in total. The highest BCUT2D eigenvalue weighted by Crippen LogP contribution is 2.37.